The van der Waals surface area contributed by atoms with E-state index < -0.39 is 22.9 Å². The predicted octanol–water partition coefficient (Wildman–Crippen LogP) is 3.04. The van der Waals surface area contributed by atoms with Crippen LogP contribution in [0.4, 0.5) is 5.69 Å². The van der Waals surface area contributed by atoms with Crippen molar-refractivity contribution in [2.24, 2.45) is 5.92 Å². The van der Waals surface area contributed by atoms with Gasteiger partial charge in [0.25, 0.3) is 11.6 Å². The second-order valence-corrected chi connectivity index (χ2v) is 7.71. The number of carbonyl (C=O) groups is 2. The van der Waals surface area contributed by atoms with E-state index in [1.807, 2.05) is 4.90 Å². The summed E-state index contributed by atoms with van der Waals surface area (Å²) in [7, 11) is 0. The third kappa shape index (κ3) is 4.03. The van der Waals surface area contributed by atoms with Gasteiger partial charge in [0.1, 0.15) is 0 Å². The van der Waals surface area contributed by atoms with Crippen molar-refractivity contribution < 1.29 is 23.7 Å². The highest BCUT2D eigenvalue weighted by Crippen LogP contribution is 2.31. The normalized spacial score (nSPS) is 20.5. The van der Waals surface area contributed by atoms with E-state index in [4.69, 9.17) is 9.15 Å². The summed E-state index contributed by atoms with van der Waals surface area (Å²) in [6.45, 7) is 2.02. The molecule has 0 radical (unpaired) electrons. The smallest absolute Gasteiger partial charge is 0.312 e. The van der Waals surface area contributed by atoms with Crippen LogP contribution in [0.3, 0.4) is 0 Å². The summed E-state index contributed by atoms with van der Waals surface area (Å²) < 4.78 is 11.0. The van der Waals surface area contributed by atoms with Crippen LogP contribution in [0.1, 0.15) is 51.0 Å². The van der Waals surface area contributed by atoms with E-state index in [1.165, 1.54) is 24.3 Å². The lowest BCUT2D eigenvalue weighted by Crippen LogP contribution is -2.35. The third-order valence-electron chi connectivity index (χ3n) is 5.66. The topological polar surface area (TPSA) is 129 Å². The maximum atomic E-state index is 12.6. The molecule has 0 spiro atoms. The lowest BCUT2D eigenvalue weighted by molar-refractivity contribution is -0.384. The average molecular weight is 414 g/mol. The summed E-state index contributed by atoms with van der Waals surface area (Å²) in [5.41, 5.74) is 0.477. The molecule has 0 bridgehead atoms. The third-order valence-corrected chi connectivity index (χ3v) is 5.66. The van der Waals surface area contributed by atoms with Crippen LogP contribution in [-0.2, 0) is 14.3 Å². The van der Waals surface area contributed by atoms with Gasteiger partial charge in [-0.3, -0.25) is 19.7 Å². The van der Waals surface area contributed by atoms with Gasteiger partial charge in [-0.15, -0.1) is 10.2 Å². The van der Waals surface area contributed by atoms with Crippen LogP contribution in [-0.4, -0.2) is 44.5 Å². The van der Waals surface area contributed by atoms with E-state index in [-0.39, 0.29) is 35.8 Å². The monoisotopic (exact) mass is 414 g/mol. The standard InChI is InChI=1S/C20H22N4O6/c1-12(18-21-22-19(30-18)13-6-8-16(9-7-13)24(27)28)29-20(26)14-10-17(25)23(11-14)15-4-2-3-5-15/h6-9,12,14-15H,2-5,10-11H2,1H3/t12-,14-/m0/s1. The zero-order valence-electron chi connectivity index (χ0n) is 16.5. The minimum atomic E-state index is -0.771. The van der Waals surface area contributed by atoms with Crippen LogP contribution in [0.25, 0.3) is 11.5 Å². The van der Waals surface area contributed by atoms with Crippen molar-refractivity contribution in [2.75, 3.05) is 6.54 Å². The van der Waals surface area contributed by atoms with Crippen molar-refractivity contribution in [2.45, 2.75) is 51.2 Å². The molecule has 1 aliphatic heterocycles. The Morgan fingerprint density at radius 2 is 1.97 bits per heavy atom. The summed E-state index contributed by atoms with van der Waals surface area (Å²) in [6.07, 6.45) is 3.63. The molecule has 4 rings (SSSR count). The van der Waals surface area contributed by atoms with E-state index in [0.29, 0.717) is 12.1 Å². The highest BCUT2D eigenvalue weighted by atomic mass is 16.6. The van der Waals surface area contributed by atoms with E-state index in [9.17, 15) is 19.7 Å². The number of nitro groups is 1. The van der Waals surface area contributed by atoms with Crippen LogP contribution in [0, 0.1) is 16.0 Å². The van der Waals surface area contributed by atoms with E-state index in [0.717, 1.165) is 25.7 Å². The largest absolute Gasteiger partial charge is 0.452 e. The molecule has 10 heteroatoms. The molecule has 1 aromatic carbocycles. The Bertz CT molecular complexity index is 950. The summed E-state index contributed by atoms with van der Waals surface area (Å²) >= 11 is 0. The molecule has 2 aromatic rings. The summed E-state index contributed by atoms with van der Waals surface area (Å²) in [5.74, 6) is -0.640. The van der Waals surface area contributed by atoms with Gasteiger partial charge in [-0.25, -0.2) is 0 Å². The average Bonchev–Trinajstić information content (AvgIpc) is 3.48. The fraction of sp³-hybridized carbons (Fsp3) is 0.500. The Balaban J connectivity index is 1.37. The van der Waals surface area contributed by atoms with Crippen molar-refractivity contribution in [1.82, 2.24) is 15.1 Å². The first-order valence-electron chi connectivity index (χ1n) is 10.0. The molecule has 1 saturated carbocycles. The van der Waals surface area contributed by atoms with Crippen molar-refractivity contribution in [3.8, 4) is 11.5 Å². The first kappa shape index (κ1) is 20.0. The Morgan fingerprint density at radius 1 is 1.27 bits per heavy atom. The van der Waals surface area contributed by atoms with Crippen LogP contribution in [0.5, 0.6) is 0 Å². The zero-order valence-corrected chi connectivity index (χ0v) is 16.5. The molecular formula is C20H22N4O6. The molecule has 0 N–H and O–H groups in total. The van der Waals surface area contributed by atoms with Gasteiger partial charge in [-0.05, 0) is 31.9 Å². The van der Waals surface area contributed by atoms with E-state index >= 15 is 0 Å². The highest BCUT2D eigenvalue weighted by Gasteiger charge is 2.40. The number of nitrogens with zero attached hydrogens (tertiary/aromatic N) is 4. The van der Waals surface area contributed by atoms with Gasteiger partial charge in [0, 0.05) is 36.7 Å². The molecule has 10 nitrogen and oxygen atoms in total. The number of hydrogen-bond donors (Lipinski definition) is 0. The molecule has 30 heavy (non-hydrogen) atoms. The summed E-state index contributed by atoms with van der Waals surface area (Å²) in [4.78, 5) is 36.9. The molecule has 1 aliphatic carbocycles. The van der Waals surface area contributed by atoms with Gasteiger partial charge in [0.2, 0.25) is 11.8 Å². The number of nitro benzene ring substituents is 1. The SMILES string of the molecule is C[C@H](OC(=O)[C@H]1CC(=O)N(C2CCCC2)C1)c1nnc(-c2ccc([N+](=O)[O-])cc2)o1. The predicted molar refractivity (Wildman–Crippen MR) is 103 cm³/mol. The number of ether oxygens (including phenoxy) is 1. The molecule has 2 atom stereocenters. The number of benzene rings is 1. The van der Waals surface area contributed by atoms with Crippen LogP contribution in [0.15, 0.2) is 28.7 Å². The van der Waals surface area contributed by atoms with Crippen molar-refractivity contribution in [3.63, 3.8) is 0 Å². The zero-order chi connectivity index (χ0) is 21.3. The van der Waals surface area contributed by atoms with Gasteiger partial charge in [-0.2, -0.15) is 0 Å². The number of rotatable bonds is 6. The summed E-state index contributed by atoms with van der Waals surface area (Å²) in [6, 6.07) is 5.95. The van der Waals surface area contributed by atoms with Crippen LogP contribution in [0.2, 0.25) is 0 Å². The number of carbonyl (C=O) groups excluding carboxylic acids is 2. The molecule has 0 unspecified atom stereocenters. The first-order chi connectivity index (χ1) is 14.4. The van der Waals surface area contributed by atoms with E-state index in [1.54, 1.807) is 6.92 Å². The number of aromatic nitrogens is 2. The Hall–Kier alpha value is -3.30. The van der Waals surface area contributed by atoms with Gasteiger partial charge < -0.3 is 14.1 Å². The Morgan fingerprint density at radius 3 is 2.63 bits per heavy atom. The lowest BCUT2D eigenvalue weighted by Gasteiger charge is -2.23. The van der Waals surface area contributed by atoms with Crippen molar-refractivity contribution >= 4 is 17.6 Å². The molecule has 1 aromatic heterocycles. The fourth-order valence-corrected chi connectivity index (χ4v) is 4.02. The highest BCUT2D eigenvalue weighted by molar-refractivity contribution is 5.87. The van der Waals surface area contributed by atoms with Gasteiger partial charge in [0.15, 0.2) is 6.10 Å². The Kier molecular flexibility index (Phi) is 5.47. The maximum absolute atomic E-state index is 12.6. The number of amides is 1. The van der Waals surface area contributed by atoms with Crippen LogP contribution >= 0.6 is 0 Å². The number of hydrogen-bond acceptors (Lipinski definition) is 8. The van der Waals surface area contributed by atoms with Gasteiger partial charge in [0.05, 0.1) is 10.8 Å². The molecule has 1 saturated heterocycles. The number of non-ortho nitro benzene ring substituents is 1. The lowest BCUT2D eigenvalue weighted by atomic mass is 10.1. The quantitative estimate of drug-likeness (QED) is 0.401. The second-order valence-electron chi connectivity index (χ2n) is 7.71. The minimum absolute atomic E-state index is 0.00903. The second kappa shape index (κ2) is 8.21. The van der Waals surface area contributed by atoms with E-state index in [2.05, 4.69) is 10.2 Å². The first-order valence-corrected chi connectivity index (χ1v) is 10.0. The Labute approximate surface area is 172 Å². The van der Waals surface area contributed by atoms with Crippen molar-refractivity contribution in [1.29, 1.82) is 0 Å². The molecule has 158 valence electrons. The van der Waals surface area contributed by atoms with Gasteiger partial charge >= 0.3 is 5.97 Å². The van der Waals surface area contributed by atoms with Crippen molar-refractivity contribution in [3.05, 3.63) is 40.3 Å². The van der Waals surface area contributed by atoms with Crippen LogP contribution < -0.4 is 0 Å². The molecule has 2 aliphatic rings. The minimum Gasteiger partial charge on any atom is -0.452 e. The maximum Gasteiger partial charge on any atom is 0.312 e. The van der Waals surface area contributed by atoms with Gasteiger partial charge in [-0.1, -0.05) is 12.8 Å². The molecule has 2 fully saturated rings. The molecular weight excluding hydrogens is 392 g/mol. The fourth-order valence-electron chi connectivity index (χ4n) is 4.02. The summed E-state index contributed by atoms with van der Waals surface area (Å²) in [5, 5.41) is 18.6. The molecule has 1 amide bonds. The number of likely N-dealkylation sites (tertiary alicyclic amines) is 1. The number of esters is 1. The molecule has 2 heterocycles.